The van der Waals surface area contributed by atoms with Crippen LogP contribution in [0.5, 0.6) is 5.75 Å². The average molecular weight is 555 g/mol. The number of hydrogen-bond donors (Lipinski definition) is 4. The predicted molar refractivity (Wildman–Crippen MR) is 155 cm³/mol. The van der Waals surface area contributed by atoms with Gasteiger partial charge in [-0.1, -0.05) is 42.5 Å². The van der Waals surface area contributed by atoms with Crippen molar-refractivity contribution in [2.45, 2.75) is 44.1 Å². The molecule has 4 N–H and O–H groups in total. The smallest absolute Gasteiger partial charge is 0.255 e. The molecule has 1 aliphatic carbocycles. The molecule has 1 heterocycles. The van der Waals surface area contributed by atoms with Crippen LogP contribution in [0.25, 0.3) is 0 Å². The third kappa shape index (κ3) is 7.60. The van der Waals surface area contributed by atoms with Gasteiger partial charge in [-0.05, 0) is 61.9 Å². The van der Waals surface area contributed by atoms with E-state index in [4.69, 9.17) is 16.3 Å². The third-order valence-corrected chi connectivity index (χ3v) is 7.89. The Kier molecular flexibility index (Phi) is 10.2. The second kappa shape index (κ2) is 13.8. The highest BCUT2D eigenvalue weighted by Gasteiger charge is 2.37. The van der Waals surface area contributed by atoms with E-state index in [9.17, 15) is 4.79 Å². The summed E-state index contributed by atoms with van der Waals surface area (Å²) in [5.41, 5.74) is 2.56. The number of benzene rings is 2. The number of carbonyl (C=O) groups is 1. The first-order valence-corrected chi connectivity index (χ1v) is 14.0. The van der Waals surface area contributed by atoms with Gasteiger partial charge in [-0.15, -0.1) is 0 Å². The van der Waals surface area contributed by atoms with Crippen LogP contribution in [0, 0.1) is 6.92 Å². The largest absolute Gasteiger partial charge is 0.496 e. The maximum Gasteiger partial charge on any atom is 0.255 e. The summed E-state index contributed by atoms with van der Waals surface area (Å²) in [6.07, 6.45) is 4.00. The summed E-state index contributed by atoms with van der Waals surface area (Å²) in [5, 5.41) is 6.71. The summed E-state index contributed by atoms with van der Waals surface area (Å²) in [6.45, 7) is 3.95. The van der Waals surface area contributed by atoms with E-state index < -0.39 is 0 Å². The minimum absolute atomic E-state index is 0.101. The van der Waals surface area contributed by atoms with Gasteiger partial charge in [0.15, 0.2) is 0 Å². The molecule has 0 bridgehead atoms. The van der Waals surface area contributed by atoms with Gasteiger partial charge in [0.2, 0.25) is 5.28 Å². The predicted octanol–water partition coefficient (Wildman–Crippen LogP) is 4.91. The van der Waals surface area contributed by atoms with Crippen molar-refractivity contribution in [3.8, 4) is 5.75 Å². The summed E-state index contributed by atoms with van der Waals surface area (Å²) < 4.78 is 12.3. The molecule has 1 saturated carbocycles. The zero-order valence-electron chi connectivity index (χ0n) is 21.8. The summed E-state index contributed by atoms with van der Waals surface area (Å²) in [4.78, 5) is 21.3. The highest BCUT2D eigenvalue weighted by atomic mass is 35.5. The first-order chi connectivity index (χ1) is 18.5. The molecule has 0 radical (unpaired) electrons. The number of para-hydroxylation sites is 1. The van der Waals surface area contributed by atoms with Crippen LogP contribution in [-0.2, 0) is 5.41 Å². The van der Waals surface area contributed by atoms with Gasteiger partial charge < -0.3 is 15.4 Å². The summed E-state index contributed by atoms with van der Waals surface area (Å²) in [7, 11) is 1.59. The van der Waals surface area contributed by atoms with Crippen molar-refractivity contribution < 1.29 is 9.53 Å². The van der Waals surface area contributed by atoms with Gasteiger partial charge in [-0.2, -0.15) is 0 Å². The molecule has 3 aromatic rings. The molecule has 0 spiro atoms. The number of ether oxygens (including phenoxy) is 1. The number of methoxy groups -OCH3 is 1. The molecule has 4 rings (SSSR count). The van der Waals surface area contributed by atoms with Gasteiger partial charge in [0, 0.05) is 55.0 Å². The second-order valence-corrected chi connectivity index (χ2v) is 10.6. The molecule has 38 heavy (non-hydrogen) atoms. The second-order valence-electron chi connectivity index (χ2n) is 9.51. The Hall–Kier alpha value is -2.85. The summed E-state index contributed by atoms with van der Waals surface area (Å²) in [6, 6.07) is 20.2. The highest BCUT2D eigenvalue weighted by Crippen LogP contribution is 2.39. The van der Waals surface area contributed by atoms with Crippen molar-refractivity contribution in [1.29, 1.82) is 0 Å². The first kappa shape index (κ1) is 28.2. The maximum absolute atomic E-state index is 13.0. The number of amides is 1. The Labute approximate surface area is 234 Å². The van der Waals surface area contributed by atoms with E-state index in [1.807, 2.05) is 37.3 Å². The quantitative estimate of drug-likeness (QED) is 0.142. The minimum Gasteiger partial charge on any atom is -0.496 e. The number of aromatic nitrogens is 2. The molecule has 10 heteroatoms. The molecule has 0 atom stereocenters. The summed E-state index contributed by atoms with van der Waals surface area (Å²) in [5.74, 6) is 1.21. The number of aryl methyl sites for hydroxylation is 1. The molecule has 0 unspecified atom stereocenters. The average Bonchev–Trinajstić information content (AvgIpc) is 2.94. The van der Waals surface area contributed by atoms with E-state index in [2.05, 4.69) is 54.3 Å². The van der Waals surface area contributed by atoms with Crippen molar-refractivity contribution in [1.82, 2.24) is 24.7 Å². The topological polar surface area (TPSA) is 100 Å². The number of carbonyl (C=O) groups excluding carboxylic acids is 1. The standard InChI is InChI=1S/C28H35ClN6O2S/c1-20-18-25(34-27(29)33-20)30-16-17-32-38-35-22-12-14-28(15-13-22,21-8-4-3-5-9-21)19-31-26(36)23-10-6-7-11-24(23)37-2/h3-11,18,22,32,35H,12-17,19H2,1-2H3,(H,31,36)(H,30,33,34). The maximum atomic E-state index is 13.0. The molecule has 2 aromatic carbocycles. The minimum atomic E-state index is -0.106. The lowest BCUT2D eigenvalue weighted by atomic mass is 9.68. The lowest BCUT2D eigenvalue weighted by Gasteiger charge is -2.41. The van der Waals surface area contributed by atoms with E-state index in [-0.39, 0.29) is 16.6 Å². The number of hydrogen-bond acceptors (Lipinski definition) is 8. The number of nitrogens with zero attached hydrogens (tertiary/aromatic N) is 2. The van der Waals surface area contributed by atoms with Crippen LogP contribution in [0.1, 0.15) is 47.3 Å². The van der Waals surface area contributed by atoms with E-state index in [0.717, 1.165) is 50.3 Å². The van der Waals surface area contributed by atoms with Gasteiger partial charge >= 0.3 is 0 Å². The van der Waals surface area contributed by atoms with Crippen molar-refractivity contribution in [2.24, 2.45) is 0 Å². The molecule has 1 aliphatic rings. The Morgan fingerprint density at radius 3 is 2.55 bits per heavy atom. The molecular formula is C28H35ClN6O2S. The normalized spacial score (nSPS) is 19.1. The zero-order valence-corrected chi connectivity index (χ0v) is 23.4. The number of rotatable bonds is 12. The van der Waals surface area contributed by atoms with E-state index in [1.54, 1.807) is 13.2 Å². The Balaban J connectivity index is 1.25. The number of nitrogens with one attached hydrogen (secondary N) is 4. The van der Waals surface area contributed by atoms with Crippen molar-refractivity contribution in [3.05, 3.63) is 82.8 Å². The molecule has 0 aliphatic heterocycles. The third-order valence-electron chi connectivity index (χ3n) is 6.93. The van der Waals surface area contributed by atoms with Gasteiger partial charge in [-0.3, -0.25) is 4.79 Å². The lowest BCUT2D eigenvalue weighted by molar-refractivity contribution is 0.0932. The lowest BCUT2D eigenvalue weighted by Crippen LogP contribution is -2.46. The van der Waals surface area contributed by atoms with E-state index in [1.165, 1.54) is 17.7 Å². The molecule has 1 amide bonds. The Bertz CT molecular complexity index is 1170. The molecule has 202 valence electrons. The van der Waals surface area contributed by atoms with Gasteiger partial charge in [0.25, 0.3) is 5.91 Å². The number of halogens is 1. The van der Waals surface area contributed by atoms with Crippen molar-refractivity contribution >= 4 is 35.5 Å². The van der Waals surface area contributed by atoms with Crippen LogP contribution >= 0.6 is 23.7 Å². The monoisotopic (exact) mass is 554 g/mol. The van der Waals surface area contributed by atoms with Crippen LogP contribution in [0.3, 0.4) is 0 Å². The number of anilines is 1. The van der Waals surface area contributed by atoms with Crippen LogP contribution in [0.15, 0.2) is 60.7 Å². The molecule has 0 saturated heterocycles. The van der Waals surface area contributed by atoms with Crippen molar-refractivity contribution in [2.75, 3.05) is 32.1 Å². The van der Waals surface area contributed by atoms with Gasteiger partial charge in [0.05, 0.1) is 12.7 Å². The van der Waals surface area contributed by atoms with Gasteiger partial charge in [-0.25, -0.2) is 19.4 Å². The first-order valence-electron chi connectivity index (χ1n) is 12.9. The van der Waals surface area contributed by atoms with Crippen LogP contribution in [0.2, 0.25) is 5.28 Å². The summed E-state index contributed by atoms with van der Waals surface area (Å²) >= 11 is 7.45. The Morgan fingerprint density at radius 2 is 1.82 bits per heavy atom. The van der Waals surface area contributed by atoms with Crippen LogP contribution in [0.4, 0.5) is 5.82 Å². The highest BCUT2D eigenvalue weighted by molar-refractivity contribution is 7.95. The van der Waals surface area contributed by atoms with Crippen LogP contribution in [-0.4, -0.2) is 48.7 Å². The van der Waals surface area contributed by atoms with Crippen LogP contribution < -0.4 is 24.8 Å². The van der Waals surface area contributed by atoms with E-state index in [0.29, 0.717) is 23.9 Å². The Morgan fingerprint density at radius 1 is 1.08 bits per heavy atom. The fraction of sp³-hybridized carbons (Fsp3) is 0.393. The zero-order chi connectivity index (χ0) is 26.8. The fourth-order valence-corrected chi connectivity index (χ4v) is 5.78. The van der Waals surface area contributed by atoms with Crippen molar-refractivity contribution in [3.63, 3.8) is 0 Å². The molecule has 1 aromatic heterocycles. The fourth-order valence-electron chi connectivity index (χ4n) is 4.86. The molecule has 1 fully saturated rings. The SMILES string of the molecule is COc1ccccc1C(=O)NCC1(c2ccccc2)CCC(NSNCCNc2cc(C)nc(Cl)n2)CC1. The molecule has 8 nitrogen and oxygen atoms in total. The van der Waals surface area contributed by atoms with Gasteiger partial charge in [0.1, 0.15) is 11.6 Å². The molecular weight excluding hydrogens is 520 g/mol. The van der Waals surface area contributed by atoms with E-state index >= 15 is 0 Å².